The van der Waals surface area contributed by atoms with Crippen LogP contribution in [-0.2, 0) is 4.79 Å². The van der Waals surface area contributed by atoms with Crippen LogP contribution >= 0.6 is 0 Å². The lowest BCUT2D eigenvalue weighted by Crippen LogP contribution is -2.37. The predicted molar refractivity (Wildman–Crippen MR) is 60.4 cm³/mol. The van der Waals surface area contributed by atoms with Gasteiger partial charge in [0.2, 0.25) is 5.91 Å². The van der Waals surface area contributed by atoms with Crippen molar-refractivity contribution in [3.8, 4) is 0 Å². The number of amides is 1. The molecule has 84 valence electrons. The Morgan fingerprint density at radius 3 is 2.21 bits per heavy atom. The molecule has 0 fully saturated rings. The smallest absolute Gasteiger partial charge is 0.246 e. The molecule has 0 saturated heterocycles. The Labute approximate surface area is 87.2 Å². The fourth-order valence-electron chi connectivity index (χ4n) is 0.906. The monoisotopic (exact) mass is 202 g/mol. The van der Waals surface area contributed by atoms with Crippen LogP contribution < -0.4 is 11.5 Å². The van der Waals surface area contributed by atoms with Gasteiger partial charge in [0.05, 0.1) is 27.7 Å². The van der Waals surface area contributed by atoms with E-state index >= 15 is 0 Å². The molecule has 0 heterocycles. The minimum atomic E-state index is -0.0404. The summed E-state index contributed by atoms with van der Waals surface area (Å²) in [5.41, 5.74) is 0.574. The lowest BCUT2D eigenvalue weighted by atomic mass is 10.3. The SMILES string of the molecule is C=C(C)C(=O)NCCC[N+](C)(C)C.N. The first-order valence-corrected chi connectivity index (χ1v) is 4.57. The zero-order chi connectivity index (χ0) is 10.5. The summed E-state index contributed by atoms with van der Waals surface area (Å²) >= 11 is 0. The molecule has 0 radical (unpaired) electrons. The molecular formula is C10H24N3O+. The Morgan fingerprint density at radius 2 is 1.86 bits per heavy atom. The number of quaternary nitrogens is 1. The normalized spacial score (nSPS) is 10.3. The number of nitrogens with one attached hydrogen (secondary N) is 1. The molecule has 0 rings (SSSR count). The van der Waals surface area contributed by atoms with Crippen molar-refractivity contribution in [1.29, 1.82) is 0 Å². The molecule has 4 N–H and O–H groups in total. The molecule has 0 aliphatic rings. The first-order valence-electron chi connectivity index (χ1n) is 4.57. The maximum atomic E-state index is 11.1. The van der Waals surface area contributed by atoms with Crippen LogP contribution in [0.4, 0.5) is 0 Å². The van der Waals surface area contributed by atoms with Gasteiger partial charge in [0.15, 0.2) is 0 Å². The fourth-order valence-corrected chi connectivity index (χ4v) is 0.906. The summed E-state index contributed by atoms with van der Waals surface area (Å²) in [5, 5.41) is 2.81. The van der Waals surface area contributed by atoms with E-state index in [-0.39, 0.29) is 12.1 Å². The standard InChI is InChI=1S/C10H20N2O.H3N/c1-9(2)10(13)11-7-6-8-12(3,4)5;/h1,6-8H2,2-5H3;1H3/p+1. The molecule has 0 saturated carbocycles. The van der Waals surface area contributed by atoms with E-state index in [2.05, 4.69) is 33.0 Å². The second kappa shape index (κ2) is 6.56. The van der Waals surface area contributed by atoms with Crippen LogP contribution in [0.25, 0.3) is 0 Å². The quantitative estimate of drug-likeness (QED) is 0.396. The molecule has 0 atom stereocenters. The molecule has 0 aliphatic carbocycles. The van der Waals surface area contributed by atoms with E-state index in [1.165, 1.54) is 0 Å². The van der Waals surface area contributed by atoms with E-state index < -0.39 is 0 Å². The molecule has 0 aliphatic heterocycles. The van der Waals surface area contributed by atoms with E-state index in [1.807, 2.05) is 0 Å². The Balaban J connectivity index is 0. The van der Waals surface area contributed by atoms with Crippen molar-refractivity contribution < 1.29 is 9.28 Å². The van der Waals surface area contributed by atoms with Gasteiger partial charge < -0.3 is 16.0 Å². The van der Waals surface area contributed by atoms with Gasteiger partial charge >= 0.3 is 0 Å². The minimum Gasteiger partial charge on any atom is -0.352 e. The van der Waals surface area contributed by atoms with E-state index in [0.717, 1.165) is 24.0 Å². The topological polar surface area (TPSA) is 64.1 Å². The molecule has 0 unspecified atom stereocenters. The number of nitrogens with zero attached hydrogens (tertiary/aromatic N) is 1. The lowest BCUT2D eigenvalue weighted by Gasteiger charge is -2.23. The van der Waals surface area contributed by atoms with E-state index in [0.29, 0.717) is 5.57 Å². The van der Waals surface area contributed by atoms with Crippen LogP contribution in [0.2, 0.25) is 0 Å². The zero-order valence-electron chi connectivity index (χ0n) is 9.89. The highest BCUT2D eigenvalue weighted by Crippen LogP contribution is 1.92. The third kappa shape index (κ3) is 9.22. The summed E-state index contributed by atoms with van der Waals surface area (Å²) in [4.78, 5) is 11.1. The summed E-state index contributed by atoms with van der Waals surface area (Å²) in [7, 11) is 6.42. The molecule has 14 heavy (non-hydrogen) atoms. The number of rotatable bonds is 5. The van der Waals surface area contributed by atoms with Crippen LogP contribution in [0.15, 0.2) is 12.2 Å². The second-order valence-electron chi connectivity index (χ2n) is 4.40. The molecule has 4 heteroatoms. The number of carbonyl (C=O) groups excluding carboxylic acids is 1. The molecule has 0 bridgehead atoms. The van der Waals surface area contributed by atoms with E-state index in [9.17, 15) is 4.79 Å². The highest BCUT2D eigenvalue weighted by Gasteiger charge is 2.06. The first kappa shape index (κ1) is 15.6. The van der Waals surface area contributed by atoms with Gasteiger partial charge in [0.1, 0.15) is 0 Å². The van der Waals surface area contributed by atoms with Crippen molar-refractivity contribution in [3.63, 3.8) is 0 Å². The van der Waals surface area contributed by atoms with Crippen molar-refractivity contribution >= 4 is 5.91 Å². The molecule has 0 spiro atoms. The molecule has 0 aromatic rings. The highest BCUT2D eigenvalue weighted by molar-refractivity contribution is 5.91. The van der Waals surface area contributed by atoms with Gasteiger partial charge in [-0.2, -0.15) is 0 Å². The molecule has 1 amide bonds. The summed E-state index contributed by atoms with van der Waals surface area (Å²) < 4.78 is 0.933. The van der Waals surface area contributed by atoms with Crippen LogP contribution in [0.5, 0.6) is 0 Å². The third-order valence-electron chi connectivity index (χ3n) is 1.68. The molecule has 4 nitrogen and oxygen atoms in total. The lowest BCUT2D eigenvalue weighted by molar-refractivity contribution is -0.870. The van der Waals surface area contributed by atoms with Gasteiger partial charge in [-0.3, -0.25) is 4.79 Å². The Hall–Kier alpha value is -0.870. The van der Waals surface area contributed by atoms with Crippen molar-refractivity contribution in [2.24, 2.45) is 0 Å². The van der Waals surface area contributed by atoms with Gasteiger partial charge in [0.25, 0.3) is 0 Å². The summed E-state index contributed by atoms with van der Waals surface area (Å²) in [6.45, 7) is 7.09. The summed E-state index contributed by atoms with van der Waals surface area (Å²) in [6, 6.07) is 0. The first-order chi connectivity index (χ1) is 5.83. The Bertz CT molecular complexity index is 194. The second-order valence-corrected chi connectivity index (χ2v) is 4.40. The average Bonchev–Trinajstić information content (AvgIpc) is 1.95. The largest absolute Gasteiger partial charge is 0.352 e. The van der Waals surface area contributed by atoms with Gasteiger partial charge in [-0.25, -0.2) is 0 Å². The molecule has 0 aromatic heterocycles. The van der Waals surface area contributed by atoms with Gasteiger partial charge in [-0.1, -0.05) is 6.58 Å². The zero-order valence-corrected chi connectivity index (χ0v) is 9.89. The summed E-state index contributed by atoms with van der Waals surface area (Å²) in [5.74, 6) is -0.0404. The fraction of sp³-hybridized carbons (Fsp3) is 0.700. The molecular weight excluding hydrogens is 178 g/mol. The van der Waals surface area contributed by atoms with Crippen LogP contribution in [0.3, 0.4) is 0 Å². The number of carbonyl (C=O) groups is 1. The average molecular weight is 202 g/mol. The van der Waals surface area contributed by atoms with Crippen molar-refractivity contribution in [2.45, 2.75) is 13.3 Å². The van der Waals surface area contributed by atoms with E-state index in [1.54, 1.807) is 6.92 Å². The Kier molecular flexibility index (Phi) is 7.31. The van der Waals surface area contributed by atoms with Crippen molar-refractivity contribution in [2.75, 3.05) is 34.2 Å². The maximum Gasteiger partial charge on any atom is 0.246 e. The number of hydrogen-bond donors (Lipinski definition) is 2. The minimum absolute atomic E-state index is 0. The maximum absolute atomic E-state index is 11.1. The molecule has 0 aromatic carbocycles. The van der Waals surface area contributed by atoms with Gasteiger partial charge in [-0.05, 0) is 6.92 Å². The van der Waals surface area contributed by atoms with Gasteiger partial charge in [-0.15, -0.1) is 0 Å². The van der Waals surface area contributed by atoms with Crippen molar-refractivity contribution in [1.82, 2.24) is 11.5 Å². The van der Waals surface area contributed by atoms with Crippen molar-refractivity contribution in [3.05, 3.63) is 12.2 Å². The van der Waals surface area contributed by atoms with Crippen LogP contribution in [-0.4, -0.2) is 44.6 Å². The number of hydrogen-bond acceptors (Lipinski definition) is 2. The third-order valence-corrected chi connectivity index (χ3v) is 1.68. The van der Waals surface area contributed by atoms with Crippen LogP contribution in [0, 0.1) is 0 Å². The summed E-state index contributed by atoms with van der Waals surface area (Å²) in [6.07, 6.45) is 1.00. The predicted octanol–water partition coefficient (Wildman–Crippen LogP) is 0.937. The van der Waals surface area contributed by atoms with Crippen LogP contribution in [0.1, 0.15) is 13.3 Å². The van der Waals surface area contributed by atoms with E-state index in [4.69, 9.17) is 0 Å². The highest BCUT2D eigenvalue weighted by atomic mass is 16.1. The Morgan fingerprint density at radius 1 is 1.36 bits per heavy atom. The van der Waals surface area contributed by atoms with Gasteiger partial charge in [0, 0.05) is 18.5 Å².